The lowest BCUT2D eigenvalue weighted by atomic mass is 10.1. The number of carbonyl (C=O) groups is 2. The van der Waals surface area contributed by atoms with Gasteiger partial charge in [-0.15, -0.1) is 11.3 Å². The molecule has 0 aliphatic carbocycles. The summed E-state index contributed by atoms with van der Waals surface area (Å²) in [7, 11) is 0. The van der Waals surface area contributed by atoms with Gasteiger partial charge in [0.1, 0.15) is 5.75 Å². The molecule has 0 bridgehead atoms. The summed E-state index contributed by atoms with van der Waals surface area (Å²) in [6.07, 6.45) is 1.92. The molecule has 1 aliphatic rings. The summed E-state index contributed by atoms with van der Waals surface area (Å²) in [5.74, 6) is 0.170. The monoisotopic (exact) mass is 289 g/mol. The first-order valence-electron chi connectivity index (χ1n) is 6.00. The van der Waals surface area contributed by atoms with Crippen LogP contribution in [0.3, 0.4) is 0 Å². The predicted molar refractivity (Wildman–Crippen MR) is 75.3 cm³/mol. The number of ether oxygens (including phenoxy) is 1. The van der Waals surface area contributed by atoms with Gasteiger partial charge in [-0.05, 0) is 18.2 Å². The minimum absolute atomic E-state index is 0.124. The number of rotatable bonds is 2. The van der Waals surface area contributed by atoms with E-state index in [1.807, 2.05) is 0 Å². The van der Waals surface area contributed by atoms with Gasteiger partial charge in [-0.3, -0.25) is 14.9 Å². The van der Waals surface area contributed by atoms with Crippen molar-refractivity contribution in [1.29, 1.82) is 0 Å². The minimum atomic E-state index is -0.277. The molecule has 1 aromatic carbocycles. The molecule has 0 radical (unpaired) electrons. The number of benzene rings is 1. The largest absolute Gasteiger partial charge is 0.491 e. The van der Waals surface area contributed by atoms with Crippen molar-refractivity contribution < 1.29 is 14.3 Å². The number of carbonyl (C=O) groups excluding carboxylic acids is 2. The molecule has 2 heterocycles. The maximum absolute atomic E-state index is 12.1. The first kappa shape index (κ1) is 12.6. The Labute approximate surface area is 118 Å². The van der Waals surface area contributed by atoms with Crippen molar-refractivity contribution in [3.63, 3.8) is 0 Å². The molecule has 0 fully saturated rings. The first-order chi connectivity index (χ1) is 9.72. The lowest BCUT2D eigenvalue weighted by Gasteiger charge is -2.09. The summed E-state index contributed by atoms with van der Waals surface area (Å²) in [5, 5.41) is 7.72. The number of nitrogens with one attached hydrogen (secondary N) is 2. The first-order valence-corrected chi connectivity index (χ1v) is 6.88. The number of anilines is 2. The van der Waals surface area contributed by atoms with Crippen LogP contribution in [0.15, 0.2) is 29.8 Å². The van der Waals surface area contributed by atoms with Crippen molar-refractivity contribution in [2.45, 2.75) is 6.42 Å². The second-order valence-corrected chi connectivity index (χ2v) is 5.04. The fourth-order valence-electron chi connectivity index (χ4n) is 1.82. The topological polar surface area (TPSA) is 80.3 Å². The molecule has 2 amide bonds. The Kier molecular flexibility index (Phi) is 3.34. The molecule has 6 nitrogen and oxygen atoms in total. The van der Waals surface area contributed by atoms with Gasteiger partial charge in [-0.25, -0.2) is 4.98 Å². The molecular formula is C13H11N3O3S. The number of amides is 2. The van der Waals surface area contributed by atoms with Crippen LogP contribution in [-0.4, -0.2) is 23.4 Å². The Hall–Kier alpha value is -2.41. The maximum Gasteiger partial charge on any atom is 0.257 e. The molecule has 1 aliphatic heterocycles. The number of hydrogen-bond donors (Lipinski definition) is 2. The van der Waals surface area contributed by atoms with Crippen LogP contribution in [0.5, 0.6) is 5.75 Å². The molecule has 3 rings (SSSR count). The average Bonchev–Trinajstić information content (AvgIpc) is 2.85. The van der Waals surface area contributed by atoms with Gasteiger partial charge >= 0.3 is 0 Å². The van der Waals surface area contributed by atoms with Gasteiger partial charge in [0.05, 0.1) is 18.7 Å². The van der Waals surface area contributed by atoms with E-state index < -0.39 is 0 Å². The van der Waals surface area contributed by atoms with Gasteiger partial charge in [0.25, 0.3) is 5.91 Å². The molecule has 7 heteroatoms. The highest BCUT2D eigenvalue weighted by molar-refractivity contribution is 7.13. The quantitative estimate of drug-likeness (QED) is 0.887. The molecule has 20 heavy (non-hydrogen) atoms. The Morgan fingerprint density at radius 3 is 3.15 bits per heavy atom. The number of thiazole rings is 1. The van der Waals surface area contributed by atoms with Crippen molar-refractivity contribution in [2.24, 2.45) is 0 Å². The van der Waals surface area contributed by atoms with Crippen molar-refractivity contribution in [2.75, 3.05) is 17.2 Å². The van der Waals surface area contributed by atoms with Crippen molar-refractivity contribution >= 4 is 34.0 Å². The smallest absolute Gasteiger partial charge is 0.257 e. The van der Waals surface area contributed by atoms with Crippen LogP contribution >= 0.6 is 11.3 Å². The molecule has 0 spiro atoms. The lowest BCUT2D eigenvalue weighted by molar-refractivity contribution is -0.116. The van der Waals surface area contributed by atoms with Crippen molar-refractivity contribution in [3.8, 4) is 5.75 Å². The van der Waals surface area contributed by atoms with Crippen LogP contribution < -0.4 is 15.4 Å². The van der Waals surface area contributed by atoms with Crippen LogP contribution in [0.1, 0.15) is 16.8 Å². The van der Waals surface area contributed by atoms with E-state index in [9.17, 15) is 9.59 Å². The third-order valence-electron chi connectivity index (χ3n) is 2.76. The van der Waals surface area contributed by atoms with Gasteiger partial charge < -0.3 is 10.1 Å². The number of nitrogens with zero attached hydrogens (tertiary/aromatic N) is 1. The van der Waals surface area contributed by atoms with Crippen LogP contribution in [-0.2, 0) is 4.79 Å². The SMILES string of the molecule is O=C1CCOc2ccc(C(=O)Nc3nccs3)cc2N1. The fourth-order valence-corrected chi connectivity index (χ4v) is 2.34. The van der Waals surface area contributed by atoms with Gasteiger partial charge in [0.15, 0.2) is 5.13 Å². The van der Waals surface area contributed by atoms with E-state index in [0.717, 1.165) is 0 Å². The number of fused-ring (bicyclic) bond motifs is 1. The highest BCUT2D eigenvalue weighted by atomic mass is 32.1. The van der Waals surface area contributed by atoms with Crippen molar-refractivity contribution in [3.05, 3.63) is 35.3 Å². The van der Waals surface area contributed by atoms with E-state index in [1.165, 1.54) is 11.3 Å². The van der Waals surface area contributed by atoms with Gasteiger partial charge in [-0.2, -0.15) is 0 Å². The molecular weight excluding hydrogens is 278 g/mol. The molecule has 0 unspecified atom stereocenters. The molecule has 102 valence electrons. The Morgan fingerprint density at radius 2 is 2.35 bits per heavy atom. The summed E-state index contributed by atoms with van der Waals surface area (Å²) in [6, 6.07) is 4.93. The van der Waals surface area contributed by atoms with E-state index in [4.69, 9.17) is 4.74 Å². The maximum atomic E-state index is 12.1. The summed E-state index contributed by atoms with van der Waals surface area (Å²) in [5.41, 5.74) is 0.948. The standard InChI is InChI=1S/C13H11N3O3S/c17-11-3-5-19-10-2-1-8(7-9(10)15-11)12(18)16-13-14-4-6-20-13/h1-2,4,6-7H,3,5H2,(H,15,17)(H,14,16,18). The Balaban J connectivity index is 1.84. The van der Waals surface area contributed by atoms with Crippen molar-refractivity contribution in [1.82, 2.24) is 4.98 Å². The van der Waals surface area contributed by atoms with Crippen LogP contribution in [0.25, 0.3) is 0 Å². The van der Waals surface area contributed by atoms with E-state index in [-0.39, 0.29) is 11.8 Å². The predicted octanol–water partition coefficient (Wildman–Crippen LogP) is 2.12. The summed E-state index contributed by atoms with van der Waals surface area (Å²) >= 11 is 1.34. The summed E-state index contributed by atoms with van der Waals surface area (Å²) in [4.78, 5) is 27.5. The molecule has 1 aromatic heterocycles. The third-order valence-corrected chi connectivity index (χ3v) is 3.44. The number of hydrogen-bond acceptors (Lipinski definition) is 5. The van der Waals surface area contributed by atoms with Gasteiger partial charge in [-0.1, -0.05) is 0 Å². The molecule has 2 N–H and O–H groups in total. The highest BCUT2D eigenvalue weighted by Gasteiger charge is 2.16. The lowest BCUT2D eigenvalue weighted by Crippen LogP contribution is -2.13. The Bertz CT molecular complexity index is 655. The highest BCUT2D eigenvalue weighted by Crippen LogP contribution is 2.28. The summed E-state index contributed by atoms with van der Waals surface area (Å²) < 4.78 is 5.43. The second kappa shape index (κ2) is 5.30. The fraction of sp³-hybridized carbons (Fsp3) is 0.154. The van der Waals surface area contributed by atoms with E-state index in [2.05, 4.69) is 15.6 Å². The van der Waals surface area contributed by atoms with E-state index in [1.54, 1.807) is 29.8 Å². The normalized spacial score (nSPS) is 13.7. The number of aromatic nitrogens is 1. The second-order valence-electron chi connectivity index (χ2n) is 4.15. The summed E-state index contributed by atoms with van der Waals surface area (Å²) in [6.45, 7) is 0.337. The zero-order valence-electron chi connectivity index (χ0n) is 10.4. The molecule has 0 saturated heterocycles. The van der Waals surface area contributed by atoms with E-state index in [0.29, 0.717) is 35.2 Å². The minimum Gasteiger partial charge on any atom is -0.491 e. The zero-order chi connectivity index (χ0) is 13.9. The van der Waals surface area contributed by atoms with Gasteiger partial charge in [0, 0.05) is 17.1 Å². The average molecular weight is 289 g/mol. The van der Waals surface area contributed by atoms with Crippen LogP contribution in [0, 0.1) is 0 Å². The van der Waals surface area contributed by atoms with Gasteiger partial charge in [0.2, 0.25) is 5.91 Å². The van der Waals surface area contributed by atoms with Crippen LogP contribution in [0.4, 0.5) is 10.8 Å². The molecule has 0 saturated carbocycles. The third kappa shape index (κ3) is 2.62. The zero-order valence-corrected chi connectivity index (χ0v) is 11.2. The molecule has 2 aromatic rings. The van der Waals surface area contributed by atoms with Crippen LogP contribution in [0.2, 0.25) is 0 Å². The Morgan fingerprint density at radius 1 is 1.45 bits per heavy atom. The molecule has 0 atom stereocenters. The van der Waals surface area contributed by atoms with E-state index >= 15 is 0 Å².